The monoisotopic (exact) mass is 372 g/mol. The summed E-state index contributed by atoms with van der Waals surface area (Å²) < 4.78 is 57.8. The molecule has 0 aromatic heterocycles. The van der Waals surface area contributed by atoms with Gasteiger partial charge < -0.3 is 9.47 Å². The Kier molecular flexibility index (Phi) is 5.99. The van der Waals surface area contributed by atoms with Crippen LogP contribution >= 0.6 is 0 Å². The Morgan fingerprint density at radius 3 is 2.27 bits per heavy atom. The van der Waals surface area contributed by atoms with E-state index in [4.69, 9.17) is 4.74 Å². The number of hydrogen-bond donors (Lipinski definition) is 2. The molecule has 26 heavy (non-hydrogen) atoms. The number of benzene rings is 2. The number of ether oxygens (including phenoxy) is 2. The molecular formula is C16H12F4N2O4. The molecular weight excluding hydrogens is 360 g/mol. The van der Waals surface area contributed by atoms with Gasteiger partial charge in [-0.3, -0.25) is 20.4 Å². The van der Waals surface area contributed by atoms with Crippen molar-refractivity contribution in [3.05, 3.63) is 59.9 Å². The molecule has 2 aromatic rings. The lowest BCUT2D eigenvalue weighted by molar-refractivity contribution is -0.274. The number of halogens is 4. The van der Waals surface area contributed by atoms with Crippen LogP contribution in [0.2, 0.25) is 0 Å². The first kappa shape index (κ1) is 19.0. The third kappa shape index (κ3) is 6.30. The summed E-state index contributed by atoms with van der Waals surface area (Å²) in [6, 6.07) is 9.22. The maximum Gasteiger partial charge on any atom is 0.573 e. The topological polar surface area (TPSA) is 76.7 Å². The molecule has 2 N–H and O–H groups in total. The Labute approximate surface area is 144 Å². The van der Waals surface area contributed by atoms with E-state index in [1.165, 1.54) is 18.2 Å². The van der Waals surface area contributed by atoms with Gasteiger partial charge in [0.1, 0.15) is 17.3 Å². The molecule has 0 bridgehead atoms. The highest BCUT2D eigenvalue weighted by molar-refractivity contribution is 5.95. The van der Waals surface area contributed by atoms with Crippen LogP contribution in [0.15, 0.2) is 48.5 Å². The number of alkyl halides is 3. The Morgan fingerprint density at radius 2 is 1.65 bits per heavy atom. The zero-order valence-electron chi connectivity index (χ0n) is 13.0. The Hall–Kier alpha value is -3.30. The number of carbonyl (C=O) groups is 2. The zero-order valence-corrected chi connectivity index (χ0v) is 13.0. The summed E-state index contributed by atoms with van der Waals surface area (Å²) in [6.07, 6.45) is -4.83. The van der Waals surface area contributed by atoms with Crippen LogP contribution in [0.4, 0.5) is 17.6 Å². The summed E-state index contributed by atoms with van der Waals surface area (Å²) in [5, 5.41) is 0. The van der Waals surface area contributed by atoms with E-state index < -0.39 is 36.4 Å². The van der Waals surface area contributed by atoms with Crippen LogP contribution in [-0.4, -0.2) is 24.8 Å². The molecule has 0 aliphatic rings. The lowest BCUT2D eigenvalue weighted by Crippen LogP contribution is -2.43. The number of carbonyl (C=O) groups excluding carboxylic acids is 2. The maximum atomic E-state index is 12.9. The zero-order chi connectivity index (χ0) is 19.2. The molecule has 0 aliphatic carbocycles. The number of hydrazine groups is 1. The van der Waals surface area contributed by atoms with Crippen LogP contribution in [0.3, 0.4) is 0 Å². The lowest BCUT2D eigenvalue weighted by atomic mass is 10.2. The second-order valence-electron chi connectivity index (χ2n) is 4.82. The highest BCUT2D eigenvalue weighted by Crippen LogP contribution is 2.22. The molecule has 0 atom stereocenters. The molecule has 2 rings (SSSR count). The summed E-state index contributed by atoms with van der Waals surface area (Å²) in [7, 11) is 0. The van der Waals surface area contributed by atoms with Crippen LogP contribution in [0.25, 0.3) is 0 Å². The molecule has 0 saturated heterocycles. The van der Waals surface area contributed by atoms with Crippen LogP contribution in [-0.2, 0) is 4.79 Å². The highest BCUT2D eigenvalue weighted by Gasteiger charge is 2.31. The Bertz CT molecular complexity index is 779. The maximum absolute atomic E-state index is 12.9. The predicted molar refractivity (Wildman–Crippen MR) is 80.6 cm³/mol. The fourth-order valence-corrected chi connectivity index (χ4v) is 1.75. The average Bonchev–Trinajstić information content (AvgIpc) is 2.57. The van der Waals surface area contributed by atoms with E-state index in [2.05, 4.69) is 15.6 Å². The van der Waals surface area contributed by atoms with Crippen molar-refractivity contribution in [2.24, 2.45) is 0 Å². The van der Waals surface area contributed by atoms with Gasteiger partial charge in [0.2, 0.25) is 0 Å². The molecule has 0 radical (unpaired) electrons. The fourth-order valence-electron chi connectivity index (χ4n) is 1.75. The van der Waals surface area contributed by atoms with Crippen molar-refractivity contribution in [1.82, 2.24) is 10.9 Å². The first-order valence-electron chi connectivity index (χ1n) is 7.06. The molecule has 6 nitrogen and oxygen atoms in total. The summed E-state index contributed by atoms with van der Waals surface area (Å²) in [6.45, 7) is -0.484. The van der Waals surface area contributed by atoms with Crippen molar-refractivity contribution >= 4 is 11.8 Å². The largest absolute Gasteiger partial charge is 0.573 e. The summed E-state index contributed by atoms with van der Waals surface area (Å²) in [5.74, 6) is -2.37. The van der Waals surface area contributed by atoms with Gasteiger partial charge in [-0.1, -0.05) is 6.07 Å². The van der Waals surface area contributed by atoms with Gasteiger partial charge >= 0.3 is 6.36 Å². The Morgan fingerprint density at radius 1 is 0.962 bits per heavy atom. The van der Waals surface area contributed by atoms with Crippen LogP contribution in [0, 0.1) is 5.82 Å². The van der Waals surface area contributed by atoms with Gasteiger partial charge in [-0.05, 0) is 36.4 Å². The first-order valence-corrected chi connectivity index (χ1v) is 7.06. The van der Waals surface area contributed by atoms with E-state index in [1.807, 2.05) is 0 Å². The van der Waals surface area contributed by atoms with Crippen LogP contribution < -0.4 is 20.3 Å². The van der Waals surface area contributed by atoms with Crippen molar-refractivity contribution in [3.63, 3.8) is 0 Å². The van der Waals surface area contributed by atoms with Gasteiger partial charge in [0.05, 0.1) is 0 Å². The smallest absolute Gasteiger partial charge is 0.484 e. The van der Waals surface area contributed by atoms with E-state index >= 15 is 0 Å². The standard InChI is InChI=1S/C16H12F4N2O4/c17-11-2-1-3-13(8-11)25-9-14(23)21-22-15(24)10-4-6-12(7-5-10)26-16(18,19)20/h1-8H,9H2,(H,21,23)(H,22,24). The summed E-state index contributed by atoms with van der Waals surface area (Å²) in [5.41, 5.74) is 4.10. The highest BCUT2D eigenvalue weighted by atomic mass is 19.4. The lowest BCUT2D eigenvalue weighted by Gasteiger charge is -2.10. The molecule has 138 valence electrons. The number of hydrogen-bond acceptors (Lipinski definition) is 4. The van der Waals surface area contributed by atoms with Crippen LogP contribution in [0.1, 0.15) is 10.4 Å². The minimum Gasteiger partial charge on any atom is -0.484 e. The molecule has 0 aliphatic heterocycles. The van der Waals surface area contributed by atoms with Crippen molar-refractivity contribution in [2.45, 2.75) is 6.36 Å². The minimum absolute atomic E-state index is 0.00845. The third-order valence-corrected chi connectivity index (χ3v) is 2.83. The van der Waals surface area contributed by atoms with E-state index in [0.717, 1.165) is 30.3 Å². The van der Waals surface area contributed by atoms with E-state index in [0.29, 0.717) is 0 Å². The molecule has 0 heterocycles. The van der Waals surface area contributed by atoms with Crippen molar-refractivity contribution < 1.29 is 36.6 Å². The van der Waals surface area contributed by atoms with Crippen molar-refractivity contribution in [3.8, 4) is 11.5 Å². The number of amides is 2. The number of rotatable bonds is 5. The average molecular weight is 372 g/mol. The normalized spacial score (nSPS) is 10.8. The second-order valence-corrected chi connectivity index (χ2v) is 4.82. The molecule has 0 unspecified atom stereocenters. The molecule has 10 heteroatoms. The van der Waals surface area contributed by atoms with Gasteiger partial charge in [0.25, 0.3) is 11.8 Å². The quantitative estimate of drug-likeness (QED) is 0.625. The molecule has 0 saturated carbocycles. The molecule has 0 fully saturated rings. The summed E-state index contributed by atoms with van der Waals surface area (Å²) in [4.78, 5) is 23.3. The van der Waals surface area contributed by atoms with Crippen molar-refractivity contribution in [1.29, 1.82) is 0 Å². The first-order chi connectivity index (χ1) is 12.2. The van der Waals surface area contributed by atoms with Gasteiger partial charge in [-0.15, -0.1) is 13.2 Å². The molecule has 0 spiro atoms. The van der Waals surface area contributed by atoms with Gasteiger partial charge in [0.15, 0.2) is 6.61 Å². The van der Waals surface area contributed by atoms with Gasteiger partial charge in [-0.25, -0.2) is 4.39 Å². The van der Waals surface area contributed by atoms with E-state index in [-0.39, 0.29) is 11.3 Å². The predicted octanol–water partition coefficient (Wildman–Crippen LogP) is 2.56. The number of nitrogens with one attached hydrogen (secondary N) is 2. The molecule has 2 aromatic carbocycles. The second kappa shape index (κ2) is 8.19. The third-order valence-electron chi connectivity index (χ3n) is 2.83. The van der Waals surface area contributed by atoms with E-state index in [9.17, 15) is 27.2 Å². The molecule has 2 amide bonds. The SMILES string of the molecule is O=C(COc1cccc(F)c1)NNC(=O)c1ccc(OC(F)(F)F)cc1. The van der Waals surface area contributed by atoms with Crippen molar-refractivity contribution in [2.75, 3.05) is 6.61 Å². The van der Waals surface area contributed by atoms with Crippen LogP contribution in [0.5, 0.6) is 11.5 Å². The van der Waals surface area contributed by atoms with Gasteiger partial charge in [0, 0.05) is 11.6 Å². The minimum atomic E-state index is -4.83. The van der Waals surface area contributed by atoms with Gasteiger partial charge in [-0.2, -0.15) is 0 Å². The Balaban J connectivity index is 1.79. The van der Waals surface area contributed by atoms with E-state index in [1.54, 1.807) is 0 Å². The summed E-state index contributed by atoms with van der Waals surface area (Å²) >= 11 is 0. The fraction of sp³-hybridized carbons (Fsp3) is 0.125.